The zero-order valence-corrected chi connectivity index (χ0v) is 9.50. The van der Waals surface area contributed by atoms with Crippen molar-refractivity contribution < 1.29 is 24.4 Å². The maximum absolute atomic E-state index is 11.0. The van der Waals surface area contributed by atoms with Crippen LogP contribution in [0.15, 0.2) is 18.2 Å². The van der Waals surface area contributed by atoms with Crippen LogP contribution in [0, 0.1) is 0 Å². The van der Waals surface area contributed by atoms with Crippen molar-refractivity contribution >= 4 is 19.0 Å². The van der Waals surface area contributed by atoms with Gasteiger partial charge in [-0.1, -0.05) is 12.1 Å². The van der Waals surface area contributed by atoms with Crippen molar-refractivity contribution in [2.75, 3.05) is 0 Å². The number of amides is 1. The van der Waals surface area contributed by atoms with Crippen LogP contribution in [0.2, 0.25) is 5.82 Å². The van der Waals surface area contributed by atoms with E-state index in [0.29, 0.717) is 12.0 Å². The van der Waals surface area contributed by atoms with Gasteiger partial charge in [-0.2, -0.15) is 0 Å². The van der Waals surface area contributed by atoms with Crippen molar-refractivity contribution in [1.82, 2.24) is 0 Å². The van der Waals surface area contributed by atoms with Gasteiger partial charge in [-0.05, 0) is 18.1 Å². The SMILES string of the molecule is NC(=O)CC1Cc2cccc(C(=O)O)c2OB1O. The fourth-order valence-corrected chi connectivity index (χ4v) is 2.08. The molecule has 4 N–H and O–H groups in total. The molecule has 1 amide bonds. The number of rotatable bonds is 3. The molecule has 1 atom stereocenters. The molecule has 1 unspecified atom stereocenters. The second-order valence-corrected chi connectivity index (χ2v) is 4.24. The van der Waals surface area contributed by atoms with Crippen LogP contribution < -0.4 is 10.4 Å². The molecule has 1 heterocycles. The van der Waals surface area contributed by atoms with Gasteiger partial charge in [-0.15, -0.1) is 0 Å². The van der Waals surface area contributed by atoms with Crippen molar-refractivity contribution in [3.05, 3.63) is 29.3 Å². The van der Waals surface area contributed by atoms with Gasteiger partial charge in [0.15, 0.2) is 0 Å². The van der Waals surface area contributed by atoms with Crippen molar-refractivity contribution in [3.8, 4) is 5.75 Å². The Balaban J connectivity index is 2.33. The minimum Gasteiger partial charge on any atom is -0.535 e. The highest BCUT2D eigenvalue weighted by atomic mass is 16.5. The van der Waals surface area contributed by atoms with E-state index in [2.05, 4.69) is 0 Å². The number of benzene rings is 1. The summed E-state index contributed by atoms with van der Waals surface area (Å²) in [4.78, 5) is 21.9. The maximum Gasteiger partial charge on any atom is 0.526 e. The summed E-state index contributed by atoms with van der Waals surface area (Å²) >= 11 is 0. The Morgan fingerprint density at radius 3 is 2.83 bits per heavy atom. The second kappa shape index (κ2) is 4.69. The van der Waals surface area contributed by atoms with Gasteiger partial charge in [0.1, 0.15) is 5.75 Å². The van der Waals surface area contributed by atoms with Crippen LogP contribution in [0.25, 0.3) is 0 Å². The minimum absolute atomic E-state index is 0.00208. The summed E-state index contributed by atoms with van der Waals surface area (Å²) in [5, 5.41) is 18.8. The number of carbonyl (C=O) groups is 2. The molecule has 2 rings (SSSR count). The molecule has 0 bridgehead atoms. The number of carbonyl (C=O) groups excluding carboxylic acids is 1. The zero-order valence-electron chi connectivity index (χ0n) is 9.50. The molecule has 0 aromatic heterocycles. The summed E-state index contributed by atoms with van der Waals surface area (Å²) in [6.45, 7) is 0. The molecule has 1 aromatic carbocycles. The predicted molar refractivity (Wildman–Crippen MR) is 63.3 cm³/mol. The van der Waals surface area contributed by atoms with Crippen molar-refractivity contribution in [3.63, 3.8) is 0 Å². The van der Waals surface area contributed by atoms with E-state index < -0.39 is 24.8 Å². The van der Waals surface area contributed by atoms with Gasteiger partial charge in [0.05, 0.1) is 5.56 Å². The summed E-state index contributed by atoms with van der Waals surface area (Å²) in [5.41, 5.74) is 5.75. The lowest BCUT2D eigenvalue weighted by atomic mass is 9.65. The van der Waals surface area contributed by atoms with E-state index in [1.165, 1.54) is 6.07 Å². The molecule has 0 saturated heterocycles. The first-order chi connectivity index (χ1) is 8.49. The van der Waals surface area contributed by atoms with Gasteiger partial charge in [-0.25, -0.2) is 4.79 Å². The largest absolute Gasteiger partial charge is 0.535 e. The molecule has 1 aliphatic heterocycles. The number of fused-ring (bicyclic) bond motifs is 1. The zero-order chi connectivity index (χ0) is 13.3. The fourth-order valence-electron chi connectivity index (χ4n) is 2.08. The lowest BCUT2D eigenvalue weighted by Gasteiger charge is -2.27. The molecule has 94 valence electrons. The summed E-state index contributed by atoms with van der Waals surface area (Å²) in [6, 6.07) is 4.72. The quantitative estimate of drug-likeness (QED) is 0.655. The predicted octanol–water partition coefficient (Wildman–Crippen LogP) is 0.0458. The average molecular weight is 249 g/mol. The number of primary amides is 1. The first-order valence-electron chi connectivity index (χ1n) is 5.47. The molecule has 6 nitrogen and oxygen atoms in total. The number of carboxylic acid groups (broad SMARTS) is 1. The first kappa shape index (κ1) is 12.4. The lowest BCUT2D eigenvalue weighted by Crippen LogP contribution is -2.36. The third-order valence-electron chi connectivity index (χ3n) is 2.91. The molecule has 0 radical (unpaired) electrons. The highest BCUT2D eigenvalue weighted by molar-refractivity contribution is 6.46. The van der Waals surface area contributed by atoms with Crippen LogP contribution in [-0.2, 0) is 11.2 Å². The average Bonchev–Trinajstić information content (AvgIpc) is 2.28. The third kappa shape index (κ3) is 2.30. The molecule has 0 spiro atoms. The molecule has 1 aromatic rings. The molecule has 18 heavy (non-hydrogen) atoms. The summed E-state index contributed by atoms with van der Waals surface area (Å²) in [5.74, 6) is -1.93. The van der Waals surface area contributed by atoms with E-state index in [1.54, 1.807) is 12.1 Å². The second-order valence-electron chi connectivity index (χ2n) is 4.24. The molecule has 1 aliphatic rings. The molecule has 0 aliphatic carbocycles. The molecular formula is C11H12BNO5. The Labute approximate surface area is 104 Å². The van der Waals surface area contributed by atoms with E-state index in [1.807, 2.05) is 0 Å². The Morgan fingerprint density at radius 2 is 2.22 bits per heavy atom. The van der Waals surface area contributed by atoms with Gasteiger partial charge in [0.2, 0.25) is 5.91 Å². The van der Waals surface area contributed by atoms with Gasteiger partial charge in [0, 0.05) is 12.2 Å². The summed E-state index contributed by atoms with van der Waals surface area (Å²) in [6.07, 6.45) is 0.360. The topological polar surface area (TPSA) is 110 Å². The Hall–Kier alpha value is -2.02. The van der Waals surface area contributed by atoms with Gasteiger partial charge < -0.3 is 20.5 Å². The van der Waals surface area contributed by atoms with Crippen molar-refractivity contribution in [1.29, 1.82) is 0 Å². The van der Waals surface area contributed by atoms with E-state index in [0.717, 1.165) is 0 Å². The smallest absolute Gasteiger partial charge is 0.526 e. The van der Waals surface area contributed by atoms with E-state index >= 15 is 0 Å². The van der Waals surface area contributed by atoms with Crippen molar-refractivity contribution in [2.45, 2.75) is 18.7 Å². The van der Waals surface area contributed by atoms with Gasteiger partial charge in [0.25, 0.3) is 0 Å². The van der Waals surface area contributed by atoms with E-state index in [-0.39, 0.29) is 17.7 Å². The first-order valence-corrected chi connectivity index (χ1v) is 5.47. The summed E-state index contributed by atoms with van der Waals surface area (Å²) in [7, 11) is -1.22. The number of hydrogen-bond donors (Lipinski definition) is 3. The Kier molecular flexibility index (Phi) is 3.25. The Morgan fingerprint density at radius 1 is 1.50 bits per heavy atom. The normalized spacial score (nSPS) is 17.8. The monoisotopic (exact) mass is 249 g/mol. The molecular weight excluding hydrogens is 237 g/mol. The van der Waals surface area contributed by atoms with Crippen LogP contribution in [0.5, 0.6) is 5.75 Å². The number of nitrogens with two attached hydrogens (primary N) is 1. The van der Waals surface area contributed by atoms with E-state index in [4.69, 9.17) is 15.5 Å². The lowest BCUT2D eigenvalue weighted by molar-refractivity contribution is -0.118. The molecule has 0 fully saturated rings. The van der Waals surface area contributed by atoms with Crippen LogP contribution in [0.3, 0.4) is 0 Å². The molecule has 0 saturated carbocycles. The number of hydrogen-bond acceptors (Lipinski definition) is 4. The van der Waals surface area contributed by atoms with E-state index in [9.17, 15) is 14.6 Å². The number of para-hydroxylation sites is 1. The van der Waals surface area contributed by atoms with Gasteiger partial charge >= 0.3 is 13.1 Å². The van der Waals surface area contributed by atoms with Crippen LogP contribution in [0.1, 0.15) is 22.3 Å². The fraction of sp³-hybridized carbons (Fsp3) is 0.273. The Bertz CT molecular complexity index is 504. The highest BCUT2D eigenvalue weighted by Gasteiger charge is 2.37. The highest BCUT2D eigenvalue weighted by Crippen LogP contribution is 2.35. The summed E-state index contributed by atoms with van der Waals surface area (Å²) < 4.78 is 5.20. The van der Waals surface area contributed by atoms with Crippen molar-refractivity contribution in [2.24, 2.45) is 5.73 Å². The maximum atomic E-state index is 11.0. The van der Waals surface area contributed by atoms with Gasteiger partial charge in [-0.3, -0.25) is 4.79 Å². The molecule has 7 heteroatoms. The van der Waals surface area contributed by atoms with Crippen LogP contribution >= 0.6 is 0 Å². The minimum atomic E-state index is -1.22. The third-order valence-corrected chi connectivity index (χ3v) is 2.91. The standard InChI is InChI=1S/C11H12BNO5/c13-9(14)5-7-4-6-2-1-3-8(11(15)16)10(6)18-12(7)17/h1-3,7,17H,4-5H2,(H2,13,14)(H,15,16). The number of aromatic carboxylic acids is 1. The van der Waals surface area contributed by atoms with Crippen LogP contribution in [-0.4, -0.2) is 29.1 Å². The van der Waals surface area contributed by atoms with Crippen LogP contribution in [0.4, 0.5) is 0 Å². The number of carboxylic acids is 1.